The number of anilines is 2. The SMILES string of the molecule is CCN(CCCCO)c1ccccc1N. The second-order valence-electron chi connectivity index (χ2n) is 3.57. The van der Waals surface area contributed by atoms with Crippen LogP contribution in [-0.4, -0.2) is 24.8 Å². The lowest BCUT2D eigenvalue weighted by molar-refractivity contribution is 0.285. The van der Waals surface area contributed by atoms with Gasteiger partial charge in [0.15, 0.2) is 0 Å². The lowest BCUT2D eigenvalue weighted by Crippen LogP contribution is -2.24. The summed E-state index contributed by atoms with van der Waals surface area (Å²) in [5.74, 6) is 0. The Morgan fingerprint density at radius 1 is 1.27 bits per heavy atom. The molecule has 0 radical (unpaired) electrons. The summed E-state index contributed by atoms with van der Waals surface area (Å²) >= 11 is 0. The quantitative estimate of drug-likeness (QED) is 0.554. The van der Waals surface area contributed by atoms with Crippen LogP contribution in [0.25, 0.3) is 0 Å². The average Bonchev–Trinajstić information content (AvgIpc) is 2.26. The topological polar surface area (TPSA) is 49.5 Å². The molecule has 0 heterocycles. The van der Waals surface area contributed by atoms with Crippen LogP contribution in [0.5, 0.6) is 0 Å². The van der Waals surface area contributed by atoms with Crippen LogP contribution >= 0.6 is 0 Å². The van der Waals surface area contributed by atoms with Gasteiger partial charge in [-0.3, -0.25) is 0 Å². The van der Waals surface area contributed by atoms with Crippen molar-refractivity contribution in [1.82, 2.24) is 0 Å². The summed E-state index contributed by atoms with van der Waals surface area (Å²) in [4.78, 5) is 2.24. The summed E-state index contributed by atoms with van der Waals surface area (Å²) in [6.45, 7) is 4.28. The van der Waals surface area contributed by atoms with Crippen molar-refractivity contribution in [1.29, 1.82) is 0 Å². The fourth-order valence-corrected chi connectivity index (χ4v) is 1.64. The van der Waals surface area contributed by atoms with Gasteiger partial charge in [-0.15, -0.1) is 0 Å². The molecule has 15 heavy (non-hydrogen) atoms. The van der Waals surface area contributed by atoms with E-state index in [1.54, 1.807) is 0 Å². The monoisotopic (exact) mass is 208 g/mol. The smallest absolute Gasteiger partial charge is 0.0599 e. The molecule has 0 saturated carbocycles. The summed E-state index contributed by atoms with van der Waals surface area (Å²) in [5.41, 5.74) is 7.83. The standard InChI is InChI=1S/C12H20N2O/c1-2-14(9-5-6-10-15)12-8-4-3-7-11(12)13/h3-4,7-8,15H,2,5-6,9-10,13H2,1H3. The van der Waals surface area contributed by atoms with Crippen LogP contribution in [0.15, 0.2) is 24.3 Å². The van der Waals surface area contributed by atoms with Crippen LogP contribution in [-0.2, 0) is 0 Å². The van der Waals surface area contributed by atoms with Gasteiger partial charge in [-0.2, -0.15) is 0 Å². The maximum atomic E-state index is 8.73. The number of aliphatic hydroxyl groups excluding tert-OH is 1. The van der Waals surface area contributed by atoms with Gasteiger partial charge in [0.1, 0.15) is 0 Å². The number of nitrogens with zero attached hydrogens (tertiary/aromatic N) is 1. The van der Waals surface area contributed by atoms with E-state index in [0.717, 1.165) is 37.3 Å². The summed E-state index contributed by atoms with van der Waals surface area (Å²) in [6.07, 6.45) is 1.85. The lowest BCUT2D eigenvalue weighted by atomic mass is 10.2. The minimum absolute atomic E-state index is 0.266. The van der Waals surface area contributed by atoms with Gasteiger partial charge in [0.25, 0.3) is 0 Å². The highest BCUT2D eigenvalue weighted by Gasteiger charge is 2.06. The van der Waals surface area contributed by atoms with Gasteiger partial charge in [-0.1, -0.05) is 12.1 Å². The number of benzene rings is 1. The zero-order valence-corrected chi connectivity index (χ0v) is 9.32. The average molecular weight is 208 g/mol. The Morgan fingerprint density at radius 3 is 2.60 bits per heavy atom. The number of rotatable bonds is 6. The highest BCUT2D eigenvalue weighted by Crippen LogP contribution is 2.22. The number of aliphatic hydroxyl groups is 1. The third-order valence-electron chi connectivity index (χ3n) is 2.50. The van der Waals surface area contributed by atoms with Crippen LogP contribution in [0.3, 0.4) is 0 Å². The van der Waals surface area contributed by atoms with Crippen molar-refractivity contribution in [3.63, 3.8) is 0 Å². The Kier molecular flexibility index (Phi) is 4.98. The van der Waals surface area contributed by atoms with Gasteiger partial charge in [0, 0.05) is 19.7 Å². The van der Waals surface area contributed by atoms with Gasteiger partial charge in [0.2, 0.25) is 0 Å². The van der Waals surface area contributed by atoms with Crippen LogP contribution in [0.2, 0.25) is 0 Å². The van der Waals surface area contributed by atoms with Gasteiger partial charge < -0.3 is 15.7 Å². The van der Waals surface area contributed by atoms with E-state index in [4.69, 9.17) is 10.8 Å². The summed E-state index contributed by atoms with van der Waals surface area (Å²) in [6, 6.07) is 7.91. The van der Waals surface area contributed by atoms with E-state index in [2.05, 4.69) is 11.8 Å². The molecule has 1 rings (SSSR count). The van der Waals surface area contributed by atoms with Crippen molar-refractivity contribution in [2.45, 2.75) is 19.8 Å². The molecule has 0 fully saturated rings. The maximum Gasteiger partial charge on any atom is 0.0599 e. The van der Waals surface area contributed by atoms with Gasteiger partial charge >= 0.3 is 0 Å². The molecule has 1 aromatic rings. The predicted molar refractivity (Wildman–Crippen MR) is 65.1 cm³/mol. The molecule has 0 saturated heterocycles. The normalized spacial score (nSPS) is 10.3. The zero-order chi connectivity index (χ0) is 11.1. The molecular formula is C12H20N2O. The largest absolute Gasteiger partial charge is 0.397 e. The lowest BCUT2D eigenvalue weighted by Gasteiger charge is -2.24. The molecule has 0 aromatic heterocycles. The fourth-order valence-electron chi connectivity index (χ4n) is 1.64. The van der Waals surface area contributed by atoms with Gasteiger partial charge in [0.05, 0.1) is 11.4 Å². The van der Waals surface area contributed by atoms with Gasteiger partial charge in [-0.25, -0.2) is 0 Å². The highest BCUT2D eigenvalue weighted by atomic mass is 16.2. The first-order chi connectivity index (χ1) is 7.29. The van der Waals surface area contributed by atoms with E-state index < -0.39 is 0 Å². The molecule has 0 atom stereocenters. The van der Waals surface area contributed by atoms with Crippen molar-refractivity contribution in [2.75, 3.05) is 30.3 Å². The number of hydrogen-bond acceptors (Lipinski definition) is 3. The first-order valence-corrected chi connectivity index (χ1v) is 5.50. The van der Waals surface area contributed by atoms with Crippen molar-refractivity contribution in [3.8, 4) is 0 Å². The van der Waals surface area contributed by atoms with E-state index >= 15 is 0 Å². The molecule has 1 aromatic carbocycles. The second-order valence-corrected chi connectivity index (χ2v) is 3.57. The zero-order valence-electron chi connectivity index (χ0n) is 9.32. The van der Waals surface area contributed by atoms with Crippen molar-refractivity contribution >= 4 is 11.4 Å². The fraction of sp³-hybridized carbons (Fsp3) is 0.500. The van der Waals surface area contributed by atoms with E-state index in [9.17, 15) is 0 Å². The van der Waals surface area contributed by atoms with E-state index in [0.29, 0.717) is 0 Å². The summed E-state index contributed by atoms with van der Waals surface area (Å²) in [5, 5.41) is 8.73. The molecule has 3 N–H and O–H groups in total. The third-order valence-corrected chi connectivity index (χ3v) is 2.50. The van der Waals surface area contributed by atoms with E-state index in [1.807, 2.05) is 24.3 Å². The molecule has 3 heteroatoms. The molecule has 0 bridgehead atoms. The molecule has 0 aliphatic heterocycles. The van der Waals surface area contributed by atoms with Crippen LogP contribution < -0.4 is 10.6 Å². The number of para-hydroxylation sites is 2. The molecule has 84 valence electrons. The summed E-state index contributed by atoms with van der Waals surface area (Å²) < 4.78 is 0. The molecule has 3 nitrogen and oxygen atoms in total. The number of hydrogen-bond donors (Lipinski definition) is 2. The third kappa shape index (κ3) is 3.44. The summed E-state index contributed by atoms with van der Waals surface area (Å²) in [7, 11) is 0. The van der Waals surface area contributed by atoms with Gasteiger partial charge in [-0.05, 0) is 31.9 Å². The molecule has 0 aliphatic rings. The van der Waals surface area contributed by atoms with Crippen LogP contribution in [0, 0.1) is 0 Å². The first-order valence-electron chi connectivity index (χ1n) is 5.50. The Hall–Kier alpha value is -1.22. The van der Waals surface area contributed by atoms with E-state index in [-0.39, 0.29) is 6.61 Å². The Labute approximate surface area is 91.5 Å². The minimum Gasteiger partial charge on any atom is -0.397 e. The van der Waals surface area contributed by atoms with Crippen LogP contribution in [0.4, 0.5) is 11.4 Å². The minimum atomic E-state index is 0.266. The number of nitrogen functional groups attached to an aromatic ring is 1. The molecule has 0 amide bonds. The Bertz CT molecular complexity index is 289. The molecule has 0 aliphatic carbocycles. The van der Waals surface area contributed by atoms with Crippen molar-refractivity contribution in [3.05, 3.63) is 24.3 Å². The number of unbranched alkanes of at least 4 members (excludes halogenated alkanes) is 1. The maximum absolute atomic E-state index is 8.73. The molecular weight excluding hydrogens is 188 g/mol. The Morgan fingerprint density at radius 2 is 2.00 bits per heavy atom. The van der Waals surface area contributed by atoms with Crippen molar-refractivity contribution < 1.29 is 5.11 Å². The highest BCUT2D eigenvalue weighted by molar-refractivity contribution is 5.67. The van der Waals surface area contributed by atoms with Crippen molar-refractivity contribution in [2.24, 2.45) is 0 Å². The molecule has 0 spiro atoms. The Balaban J connectivity index is 2.61. The first kappa shape index (κ1) is 11.9. The second kappa shape index (κ2) is 6.30. The number of nitrogens with two attached hydrogens (primary N) is 1. The predicted octanol–water partition coefficient (Wildman–Crippen LogP) is 1.87. The van der Waals surface area contributed by atoms with Crippen LogP contribution in [0.1, 0.15) is 19.8 Å². The molecule has 0 unspecified atom stereocenters. The van der Waals surface area contributed by atoms with E-state index in [1.165, 1.54) is 0 Å².